The molecule has 2 aromatic carbocycles. The fraction of sp³-hybridized carbons (Fsp3) is 0. The molecule has 2 heterocycles. The summed E-state index contributed by atoms with van der Waals surface area (Å²) in [6.07, 6.45) is 0. The van der Waals surface area contributed by atoms with E-state index in [1.54, 1.807) is 0 Å². The molecule has 4 rings (SSSR count). The minimum Gasteiger partial charge on any atom is -0.288 e. The molecular weight excluding hydrogens is 432 g/mol. The molecule has 0 aliphatic heterocycles. The zero-order valence-corrected chi connectivity index (χ0v) is 16.3. The van der Waals surface area contributed by atoms with Crippen LogP contribution < -0.4 is 9.48 Å². The summed E-state index contributed by atoms with van der Waals surface area (Å²) in [6.45, 7) is 0. The third-order valence-corrected chi connectivity index (χ3v) is 6.34. The molecule has 0 saturated carbocycles. The Morgan fingerprint density at radius 2 is 1.10 bits per heavy atom. The van der Waals surface area contributed by atoms with Gasteiger partial charge in [0.25, 0.3) is 11.4 Å². The second kappa shape index (κ2) is 7.21. The molecule has 2 aromatic heterocycles. The lowest BCUT2D eigenvalue weighted by molar-refractivity contribution is -0.384. The number of carbonyl (C=O) groups is 1. The first-order valence-corrected chi connectivity index (χ1v) is 9.87. The van der Waals surface area contributed by atoms with Gasteiger partial charge in [0, 0.05) is 33.7 Å². The second-order valence-electron chi connectivity index (χ2n) is 6.18. The van der Waals surface area contributed by atoms with E-state index in [1.165, 1.54) is 48.5 Å². The molecule has 0 saturated heterocycles. The van der Waals surface area contributed by atoms with Gasteiger partial charge in [0.2, 0.25) is 15.3 Å². The van der Waals surface area contributed by atoms with Crippen LogP contribution in [0, 0.1) is 20.2 Å². The topological polar surface area (TPSA) is 137 Å². The largest absolute Gasteiger partial charge is 0.288 e. The molecule has 30 heavy (non-hydrogen) atoms. The molecule has 0 fully saturated rings. The predicted octanol–water partition coefficient (Wildman–Crippen LogP) is 3.88. The van der Waals surface area contributed by atoms with Crippen LogP contribution in [0.4, 0.5) is 11.4 Å². The first-order chi connectivity index (χ1) is 14.2. The van der Waals surface area contributed by atoms with Crippen molar-refractivity contribution in [1.82, 2.24) is 0 Å². The number of nitro benzene ring substituents is 2. The third kappa shape index (κ3) is 3.36. The van der Waals surface area contributed by atoms with E-state index in [1.807, 2.05) is 0 Å². The Morgan fingerprint density at radius 3 is 1.47 bits per heavy atom. The minimum atomic E-state index is -0.834. The quantitative estimate of drug-likeness (QED) is 0.267. The Labute approximate surface area is 173 Å². The smallest absolute Gasteiger partial charge is 0.270 e. The maximum Gasteiger partial charge on any atom is 0.270 e. The number of nitro groups is 2. The summed E-state index contributed by atoms with van der Waals surface area (Å²) in [7, 11) is 0. The van der Waals surface area contributed by atoms with E-state index < -0.39 is 25.1 Å². The van der Waals surface area contributed by atoms with Crippen molar-refractivity contribution in [2.75, 3.05) is 0 Å². The van der Waals surface area contributed by atoms with Crippen molar-refractivity contribution < 1.29 is 14.6 Å². The molecule has 0 unspecified atom stereocenters. The Balaban J connectivity index is 1.89. The van der Waals surface area contributed by atoms with Crippen molar-refractivity contribution in [3.05, 3.63) is 99.0 Å². The fourth-order valence-corrected chi connectivity index (χ4v) is 4.58. The summed E-state index contributed by atoms with van der Waals surface area (Å²) in [6, 6.07) is 10.3. The van der Waals surface area contributed by atoms with Gasteiger partial charge in [-0.1, -0.05) is 22.7 Å². The van der Waals surface area contributed by atoms with E-state index >= 15 is 0 Å². The van der Waals surface area contributed by atoms with Crippen molar-refractivity contribution in [2.45, 2.75) is 0 Å². The third-order valence-electron chi connectivity index (χ3n) is 4.34. The summed E-state index contributed by atoms with van der Waals surface area (Å²) in [4.78, 5) is 58.7. The molecule has 0 amide bonds. The molecule has 0 N–H and O–H groups in total. The summed E-state index contributed by atoms with van der Waals surface area (Å²) < 4.78 is -0.266. The number of benzene rings is 2. The van der Waals surface area contributed by atoms with Crippen LogP contribution in [-0.4, -0.2) is 15.6 Å². The Kier molecular flexibility index (Phi) is 4.68. The van der Waals surface area contributed by atoms with Crippen molar-refractivity contribution in [1.29, 1.82) is 0 Å². The zero-order valence-electron chi connectivity index (χ0n) is 14.7. The van der Waals surface area contributed by atoms with E-state index in [2.05, 4.69) is 0 Å². The van der Waals surface area contributed by atoms with Gasteiger partial charge in [0.05, 0.1) is 21.0 Å². The van der Waals surface area contributed by atoms with E-state index in [-0.39, 0.29) is 22.5 Å². The van der Waals surface area contributed by atoms with Crippen LogP contribution in [0.1, 0.15) is 15.9 Å². The highest BCUT2D eigenvalue weighted by molar-refractivity contribution is 7.17. The lowest BCUT2D eigenvalue weighted by Crippen LogP contribution is -2.18. The number of carbonyl (C=O) groups excluding carboxylic acids is 1. The van der Waals surface area contributed by atoms with Gasteiger partial charge in [-0.3, -0.25) is 34.6 Å². The molecule has 0 atom stereocenters. The van der Waals surface area contributed by atoms with E-state index in [0.717, 1.165) is 22.7 Å². The first-order valence-electron chi connectivity index (χ1n) is 8.24. The van der Waals surface area contributed by atoms with E-state index in [0.29, 0.717) is 20.2 Å². The maximum absolute atomic E-state index is 13.0. The van der Waals surface area contributed by atoms with Gasteiger partial charge >= 0.3 is 0 Å². The number of fused-ring (bicyclic) bond motifs is 2. The molecule has 4 aromatic rings. The van der Waals surface area contributed by atoms with Gasteiger partial charge < -0.3 is 0 Å². The number of ketones is 1. The Bertz CT molecular complexity index is 1410. The normalized spacial score (nSPS) is 10.9. The minimum absolute atomic E-state index is 0.198. The van der Waals surface area contributed by atoms with Crippen LogP contribution in [0.25, 0.3) is 20.2 Å². The van der Waals surface area contributed by atoms with Crippen molar-refractivity contribution in [2.24, 2.45) is 0 Å². The van der Waals surface area contributed by atoms with Gasteiger partial charge in [0.15, 0.2) is 0 Å². The number of non-ortho nitro benzene ring substituents is 2. The number of hydrogen-bond donors (Lipinski definition) is 0. The number of hydrogen-bond acceptors (Lipinski definition) is 9. The molecule has 148 valence electrons. The SMILES string of the molecule is O=C(c1cc2cc([N+](=O)[O-])ccc2sc1=O)c1cc2cc([N+](=O)[O-])ccc2sc1=O. The monoisotopic (exact) mass is 440 g/mol. The average Bonchev–Trinajstić information content (AvgIpc) is 2.71. The number of rotatable bonds is 4. The summed E-state index contributed by atoms with van der Waals surface area (Å²) in [5.74, 6) is -0.834. The Morgan fingerprint density at radius 1 is 0.700 bits per heavy atom. The number of nitrogens with zero attached hydrogens (tertiary/aromatic N) is 2. The summed E-state index contributed by atoms with van der Waals surface area (Å²) in [5.41, 5.74) is -0.975. The van der Waals surface area contributed by atoms with Gasteiger partial charge in [0.1, 0.15) is 0 Å². The van der Waals surface area contributed by atoms with Crippen LogP contribution in [-0.2, 0) is 0 Å². The summed E-state index contributed by atoms with van der Waals surface area (Å²) >= 11 is 1.48. The van der Waals surface area contributed by atoms with Crippen molar-refractivity contribution >= 4 is 60.0 Å². The van der Waals surface area contributed by atoms with Crippen molar-refractivity contribution in [3.63, 3.8) is 0 Å². The van der Waals surface area contributed by atoms with Crippen LogP contribution in [0.2, 0.25) is 0 Å². The highest BCUT2D eigenvalue weighted by Gasteiger charge is 2.20. The van der Waals surface area contributed by atoms with Crippen LogP contribution in [0.3, 0.4) is 0 Å². The van der Waals surface area contributed by atoms with Crippen LogP contribution in [0.15, 0.2) is 58.1 Å². The molecule has 0 aliphatic rings. The van der Waals surface area contributed by atoms with E-state index in [9.17, 15) is 34.6 Å². The second-order valence-corrected chi connectivity index (χ2v) is 8.21. The fourth-order valence-electron chi connectivity index (χ4n) is 2.91. The molecule has 0 bridgehead atoms. The van der Waals surface area contributed by atoms with Gasteiger partial charge in [-0.25, -0.2) is 0 Å². The molecule has 0 radical (unpaired) electrons. The first kappa shape index (κ1) is 19.5. The molecule has 0 spiro atoms. The molecule has 11 heteroatoms. The average molecular weight is 440 g/mol. The highest BCUT2D eigenvalue weighted by atomic mass is 32.1. The maximum atomic E-state index is 13.0. The Hall–Kier alpha value is -3.83. The molecule has 0 aliphatic carbocycles. The van der Waals surface area contributed by atoms with Gasteiger partial charge in [-0.2, -0.15) is 0 Å². The highest BCUT2D eigenvalue weighted by Crippen LogP contribution is 2.26. The predicted molar refractivity (Wildman–Crippen MR) is 113 cm³/mol. The summed E-state index contributed by atoms with van der Waals surface area (Å²) in [5, 5.41) is 22.6. The van der Waals surface area contributed by atoms with Crippen LogP contribution in [0.5, 0.6) is 0 Å². The van der Waals surface area contributed by atoms with Gasteiger partial charge in [-0.15, -0.1) is 0 Å². The lowest BCUT2D eigenvalue weighted by atomic mass is 10.1. The molecular formula is C19H8N2O7S2. The lowest BCUT2D eigenvalue weighted by Gasteiger charge is -2.04. The van der Waals surface area contributed by atoms with Crippen molar-refractivity contribution in [3.8, 4) is 0 Å². The standard InChI is InChI=1S/C19H8N2O7S2/c22-17(13-7-9-5-11(20(25)26)1-3-15(9)29-18(13)23)14-8-10-6-12(21(27)28)2-4-16(10)30-19(14)24/h1-8H. The van der Waals surface area contributed by atoms with Gasteiger partial charge in [-0.05, 0) is 35.0 Å². The zero-order chi connectivity index (χ0) is 21.6. The van der Waals surface area contributed by atoms with Crippen LogP contribution >= 0.6 is 22.7 Å². The molecule has 9 nitrogen and oxygen atoms in total. The van der Waals surface area contributed by atoms with E-state index in [4.69, 9.17) is 0 Å².